The number of benzene rings is 1. The topological polar surface area (TPSA) is 78.9 Å². The van der Waals surface area contributed by atoms with Crippen molar-refractivity contribution in [2.24, 2.45) is 5.92 Å². The minimum atomic E-state index is 0.251. The fourth-order valence-corrected chi connectivity index (χ4v) is 2.25. The van der Waals surface area contributed by atoms with Gasteiger partial charge in [0.05, 0.1) is 18.8 Å². The molecule has 21 heavy (non-hydrogen) atoms. The van der Waals surface area contributed by atoms with E-state index in [0.717, 1.165) is 24.2 Å². The van der Waals surface area contributed by atoms with E-state index in [2.05, 4.69) is 36.3 Å². The SMILES string of the molecule is COc1ccc(-c2nnnn2C(C)CCC(C)C)cc1N. The van der Waals surface area contributed by atoms with Crippen LogP contribution in [0.5, 0.6) is 5.75 Å². The van der Waals surface area contributed by atoms with E-state index in [-0.39, 0.29) is 6.04 Å². The Morgan fingerprint density at radius 3 is 2.62 bits per heavy atom. The van der Waals surface area contributed by atoms with Crippen LogP contribution in [-0.2, 0) is 0 Å². The van der Waals surface area contributed by atoms with Crippen molar-refractivity contribution in [2.45, 2.75) is 39.7 Å². The van der Waals surface area contributed by atoms with Gasteiger partial charge in [-0.05, 0) is 54.3 Å². The maximum atomic E-state index is 5.96. The lowest BCUT2D eigenvalue weighted by Crippen LogP contribution is -2.10. The molecule has 0 aliphatic rings. The minimum Gasteiger partial charge on any atom is -0.495 e. The summed E-state index contributed by atoms with van der Waals surface area (Å²) in [7, 11) is 1.60. The number of hydrogen-bond acceptors (Lipinski definition) is 5. The van der Waals surface area contributed by atoms with Gasteiger partial charge in [-0.1, -0.05) is 13.8 Å². The Balaban J connectivity index is 2.25. The maximum Gasteiger partial charge on any atom is 0.182 e. The van der Waals surface area contributed by atoms with E-state index in [0.29, 0.717) is 17.4 Å². The molecular formula is C15H23N5O. The van der Waals surface area contributed by atoms with Gasteiger partial charge in [-0.2, -0.15) is 0 Å². The van der Waals surface area contributed by atoms with Crippen molar-refractivity contribution in [3.05, 3.63) is 18.2 Å². The highest BCUT2D eigenvalue weighted by atomic mass is 16.5. The van der Waals surface area contributed by atoms with Crippen molar-refractivity contribution in [1.82, 2.24) is 20.2 Å². The van der Waals surface area contributed by atoms with Crippen LogP contribution in [0, 0.1) is 5.92 Å². The molecule has 1 atom stereocenters. The first-order valence-corrected chi connectivity index (χ1v) is 7.24. The molecule has 0 bridgehead atoms. The first-order valence-electron chi connectivity index (χ1n) is 7.24. The second kappa shape index (κ2) is 6.56. The highest BCUT2D eigenvalue weighted by molar-refractivity contribution is 5.66. The van der Waals surface area contributed by atoms with Crippen molar-refractivity contribution in [1.29, 1.82) is 0 Å². The van der Waals surface area contributed by atoms with E-state index in [1.807, 2.05) is 22.9 Å². The van der Waals surface area contributed by atoms with E-state index < -0.39 is 0 Å². The summed E-state index contributed by atoms with van der Waals surface area (Å²) in [5.41, 5.74) is 7.44. The van der Waals surface area contributed by atoms with Crippen LogP contribution in [0.25, 0.3) is 11.4 Å². The van der Waals surface area contributed by atoms with Crippen LogP contribution in [0.1, 0.15) is 39.7 Å². The summed E-state index contributed by atoms with van der Waals surface area (Å²) in [6, 6.07) is 5.85. The standard InChI is InChI=1S/C15H23N5O/c1-10(2)5-6-11(3)20-15(17-18-19-20)12-7-8-14(21-4)13(16)9-12/h7-11H,5-6,16H2,1-4H3. The number of anilines is 1. The third-order valence-electron chi connectivity index (χ3n) is 3.56. The van der Waals surface area contributed by atoms with Crippen LogP contribution in [-0.4, -0.2) is 27.3 Å². The monoisotopic (exact) mass is 289 g/mol. The largest absolute Gasteiger partial charge is 0.495 e. The molecule has 0 spiro atoms. The lowest BCUT2D eigenvalue weighted by atomic mass is 10.0. The fourth-order valence-electron chi connectivity index (χ4n) is 2.25. The van der Waals surface area contributed by atoms with Crippen molar-refractivity contribution in [3.8, 4) is 17.1 Å². The first kappa shape index (κ1) is 15.3. The van der Waals surface area contributed by atoms with Crippen LogP contribution in [0.15, 0.2) is 18.2 Å². The number of methoxy groups -OCH3 is 1. The number of nitrogen functional groups attached to an aromatic ring is 1. The van der Waals surface area contributed by atoms with Crippen molar-refractivity contribution < 1.29 is 4.74 Å². The van der Waals surface area contributed by atoms with E-state index in [1.54, 1.807) is 7.11 Å². The average Bonchev–Trinajstić information content (AvgIpc) is 2.94. The van der Waals surface area contributed by atoms with E-state index in [9.17, 15) is 0 Å². The molecule has 1 heterocycles. The molecule has 6 heteroatoms. The van der Waals surface area contributed by atoms with Gasteiger partial charge >= 0.3 is 0 Å². The van der Waals surface area contributed by atoms with Crippen LogP contribution < -0.4 is 10.5 Å². The van der Waals surface area contributed by atoms with Gasteiger partial charge in [0.25, 0.3) is 0 Å². The van der Waals surface area contributed by atoms with Crippen molar-refractivity contribution in [2.75, 3.05) is 12.8 Å². The second-order valence-corrected chi connectivity index (χ2v) is 5.72. The fraction of sp³-hybridized carbons (Fsp3) is 0.533. The zero-order valence-electron chi connectivity index (χ0n) is 13.1. The van der Waals surface area contributed by atoms with Gasteiger partial charge in [0.15, 0.2) is 5.82 Å². The van der Waals surface area contributed by atoms with Crippen LogP contribution in [0.3, 0.4) is 0 Å². The summed E-state index contributed by atoms with van der Waals surface area (Å²) in [4.78, 5) is 0. The predicted octanol–water partition coefficient (Wildman–Crippen LogP) is 2.93. The Kier molecular flexibility index (Phi) is 4.77. The highest BCUT2D eigenvalue weighted by Gasteiger charge is 2.16. The molecule has 2 rings (SSSR count). The number of tetrazole rings is 1. The van der Waals surface area contributed by atoms with Gasteiger partial charge in [-0.25, -0.2) is 4.68 Å². The Labute approximate surface area is 125 Å². The Morgan fingerprint density at radius 2 is 2.00 bits per heavy atom. The summed E-state index contributed by atoms with van der Waals surface area (Å²) in [6.07, 6.45) is 2.19. The molecule has 0 aliphatic heterocycles. The molecule has 1 unspecified atom stereocenters. The second-order valence-electron chi connectivity index (χ2n) is 5.72. The van der Waals surface area contributed by atoms with Gasteiger partial charge in [-0.3, -0.25) is 0 Å². The normalized spacial score (nSPS) is 12.6. The van der Waals surface area contributed by atoms with Gasteiger partial charge < -0.3 is 10.5 Å². The van der Waals surface area contributed by atoms with Crippen LogP contribution in [0.2, 0.25) is 0 Å². The molecule has 0 radical (unpaired) electrons. The lowest BCUT2D eigenvalue weighted by molar-refractivity contribution is 0.406. The number of aromatic nitrogens is 4. The van der Waals surface area contributed by atoms with Gasteiger partial charge in [0.1, 0.15) is 5.75 Å². The molecule has 0 aliphatic carbocycles. The summed E-state index contributed by atoms with van der Waals surface area (Å²) < 4.78 is 7.04. The molecule has 0 fully saturated rings. The maximum absolute atomic E-state index is 5.96. The molecule has 114 valence electrons. The van der Waals surface area contributed by atoms with Crippen LogP contribution >= 0.6 is 0 Å². The Hall–Kier alpha value is -2.11. The third-order valence-corrected chi connectivity index (χ3v) is 3.56. The molecule has 2 aromatic rings. The molecule has 6 nitrogen and oxygen atoms in total. The molecule has 2 N–H and O–H groups in total. The summed E-state index contributed by atoms with van der Waals surface area (Å²) in [5.74, 6) is 2.07. The smallest absolute Gasteiger partial charge is 0.182 e. The quantitative estimate of drug-likeness (QED) is 0.827. The Morgan fingerprint density at radius 1 is 1.24 bits per heavy atom. The number of nitrogens with zero attached hydrogens (tertiary/aromatic N) is 4. The first-order chi connectivity index (χ1) is 10.0. The molecule has 0 amide bonds. The summed E-state index contributed by atoms with van der Waals surface area (Å²) in [5, 5.41) is 12.1. The van der Waals surface area contributed by atoms with E-state index >= 15 is 0 Å². The number of nitrogens with two attached hydrogens (primary N) is 1. The lowest BCUT2D eigenvalue weighted by Gasteiger charge is -2.15. The predicted molar refractivity (Wildman–Crippen MR) is 83.0 cm³/mol. The summed E-state index contributed by atoms with van der Waals surface area (Å²) in [6.45, 7) is 6.57. The minimum absolute atomic E-state index is 0.251. The van der Waals surface area contributed by atoms with Gasteiger partial charge in [-0.15, -0.1) is 5.10 Å². The average molecular weight is 289 g/mol. The third kappa shape index (κ3) is 3.51. The number of rotatable bonds is 6. The zero-order chi connectivity index (χ0) is 15.4. The summed E-state index contributed by atoms with van der Waals surface area (Å²) >= 11 is 0. The molecular weight excluding hydrogens is 266 g/mol. The number of hydrogen-bond donors (Lipinski definition) is 1. The highest BCUT2D eigenvalue weighted by Crippen LogP contribution is 2.28. The van der Waals surface area contributed by atoms with E-state index in [1.165, 1.54) is 0 Å². The van der Waals surface area contributed by atoms with Crippen molar-refractivity contribution >= 4 is 5.69 Å². The van der Waals surface area contributed by atoms with Crippen LogP contribution in [0.4, 0.5) is 5.69 Å². The van der Waals surface area contributed by atoms with Gasteiger partial charge in [0.2, 0.25) is 0 Å². The molecule has 1 aromatic heterocycles. The Bertz CT molecular complexity index is 593. The molecule has 0 saturated carbocycles. The number of ether oxygens (including phenoxy) is 1. The van der Waals surface area contributed by atoms with E-state index in [4.69, 9.17) is 10.5 Å². The molecule has 1 aromatic carbocycles. The zero-order valence-corrected chi connectivity index (χ0v) is 13.1. The molecule has 0 saturated heterocycles. The van der Waals surface area contributed by atoms with Gasteiger partial charge in [0, 0.05) is 5.56 Å². The van der Waals surface area contributed by atoms with Crippen molar-refractivity contribution in [3.63, 3.8) is 0 Å².